The molecule has 1 saturated heterocycles. The molecule has 2 N–H and O–H groups in total. The number of hydroxylamine groups is 1. The molecule has 2 aliphatic heterocycles. The number of hydrazone groups is 1. The summed E-state index contributed by atoms with van der Waals surface area (Å²) in [5, 5.41) is 16.0. The predicted molar refractivity (Wildman–Crippen MR) is 80.8 cm³/mol. The van der Waals surface area contributed by atoms with Gasteiger partial charge in [-0.15, -0.1) is 5.10 Å². The Bertz CT molecular complexity index is 550. The van der Waals surface area contributed by atoms with Crippen molar-refractivity contribution in [3.05, 3.63) is 0 Å². The Kier molecular flexibility index (Phi) is 5.50. The minimum Gasteiger partial charge on any atom is -0.396 e. The number of aliphatic hydroxyl groups excluding tert-OH is 1. The lowest BCUT2D eigenvalue weighted by molar-refractivity contribution is -0.0492. The molecule has 0 aliphatic carbocycles. The van der Waals surface area contributed by atoms with Crippen molar-refractivity contribution in [2.75, 3.05) is 32.7 Å². The van der Waals surface area contributed by atoms with Gasteiger partial charge in [0.15, 0.2) is 5.17 Å². The van der Waals surface area contributed by atoms with E-state index in [2.05, 4.69) is 10.4 Å². The molecule has 1 unspecified atom stereocenters. The normalized spacial score (nSPS) is 22.5. The Hall–Kier alpha value is -1.08. The highest BCUT2D eigenvalue weighted by Gasteiger charge is 2.40. The highest BCUT2D eigenvalue weighted by molar-refractivity contribution is 8.14. The number of nitrogens with one attached hydrogen (secondary N) is 1. The maximum atomic E-state index is 12.3. The van der Waals surface area contributed by atoms with Crippen molar-refractivity contribution in [2.45, 2.75) is 19.4 Å². The van der Waals surface area contributed by atoms with Crippen LogP contribution in [0.25, 0.3) is 0 Å². The third-order valence-electron chi connectivity index (χ3n) is 3.23. The molecule has 2 aliphatic rings. The van der Waals surface area contributed by atoms with Crippen LogP contribution in [0.1, 0.15) is 13.3 Å². The summed E-state index contributed by atoms with van der Waals surface area (Å²) in [5.41, 5.74) is 0. The molecule has 0 radical (unpaired) electrons. The minimum absolute atomic E-state index is 0.0627. The van der Waals surface area contributed by atoms with Gasteiger partial charge in [0.1, 0.15) is 5.88 Å². The number of rotatable bonds is 6. The van der Waals surface area contributed by atoms with E-state index in [0.29, 0.717) is 18.1 Å². The Labute approximate surface area is 133 Å². The van der Waals surface area contributed by atoms with E-state index in [-0.39, 0.29) is 31.1 Å². The number of hydrogen-bond acceptors (Lipinski definition) is 7. The van der Waals surface area contributed by atoms with Gasteiger partial charge in [-0.1, -0.05) is 16.2 Å². The van der Waals surface area contributed by atoms with E-state index in [1.165, 1.54) is 12.0 Å². The first-order chi connectivity index (χ1) is 10.5. The van der Waals surface area contributed by atoms with E-state index in [1.807, 2.05) is 0 Å². The van der Waals surface area contributed by atoms with Crippen molar-refractivity contribution >= 4 is 33.2 Å². The molecule has 2 amide bonds. The highest BCUT2D eigenvalue weighted by Crippen LogP contribution is 2.27. The Morgan fingerprint density at radius 1 is 1.59 bits per heavy atom. The van der Waals surface area contributed by atoms with Crippen LogP contribution in [-0.4, -0.2) is 77.2 Å². The third-order valence-corrected chi connectivity index (χ3v) is 5.97. The zero-order valence-electron chi connectivity index (χ0n) is 12.3. The molecule has 10 nitrogen and oxygen atoms in total. The molecule has 0 aromatic heterocycles. The molecule has 0 spiro atoms. The number of urea groups is 1. The van der Waals surface area contributed by atoms with Crippen LogP contribution in [0.5, 0.6) is 0 Å². The first-order valence-electron chi connectivity index (χ1n) is 6.69. The van der Waals surface area contributed by atoms with Gasteiger partial charge < -0.3 is 10.4 Å². The van der Waals surface area contributed by atoms with Crippen molar-refractivity contribution in [1.82, 2.24) is 19.1 Å². The maximum Gasteiger partial charge on any atom is 0.342 e. The fraction of sp³-hybridized carbons (Fsp3) is 0.800. The average Bonchev–Trinajstić information content (AvgIpc) is 3.08. The van der Waals surface area contributed by atoms with Gasteiger partial charge in [0.05, 0.1) is 13.2 Å². The fourth-order valence-electron chi connectivity index (χ4n) is 2.16. The summed E-state index contributed by atoms with van der Waals surface area (Å²) in [7, 11) is -2.62. The first-order valence-corrected chi connectivity index (χ1v) is 9.07. The number of amides is 2. The molecule has 0 aromatic rings. The van der Waals surface area contributed by atoms with Crippen LogP contribution in [0.2, 0.25) is 0 Å². The Balaban J connectivity index is 2.19. The van der Waals surface area contributed by atoms with Crippen molar-refractivity contribution in [3.8, 4) is 0 Å². The third kappa shape index (κ3) is 3.15. The van der Waals surface area contributed by atoms with E-state index in [0.717, 1.165) is 20.6 Å². The monoisotopic (exact) mass is 353 g/mol. The van der Waals surface area contributed by atoms with E-state index in [1.54, 1.807) is 6.92 Å². The number of carbonyl (C=O) groups is 1. The van der Waals surface area contributed by atoms with E-state index < -0.39 is 10.2 Å². The second-order valence-electron chi connectivity index (χ2n) is 4.51. The molecule has 1 fully saturated rings. The van der Waals surface area contributed by atoms with Gasteiger partial charge in [-0.05, 0) is 13.3 Å². The van der Waals surface area contributed by atoms with Crippen molar-refractivity contribution in [2.24, 2.45) is 5.10 Å². The van der Waals surface area contributed by atoms with Crippen molar-refractivity contribution in [3.63, 3.8) is 0 Å². The van der Waals surface area contributed by atoms with Crippen LogP contribution in [0, 0.1) is 0 Å². The van der Waals surface area contributed by atoms with Gasteiger partial charge in [-0.2, -0.15) is 12.8 Å². The summed E-state index contributed by atoms with van der Waals surface area (Å²) in [4.78, 5) is 18.1. The van der Waals surface area contributed by atoms with Gasteiger partial charge in [-0.3, -0.25) is 9.74 Å². The topological polar surface area (TPSA) is 115 Å². The molecular weight excluding hydrogens is 334 g/mol. The SMILES string of the molecule is CCN(OC)S(=O)(=O)N1CSC(N2C(=O)NCC2CCO)=N1. The van der Waals surface area contributed by atoms with Gasteiger partial charge in [0, 0.05) is 19.7 Å². The van der Waals surface area contributed by atoms with Crippen molar-refractivity contribution < 1.29 is 23.2 Å². The second-order valence-corrected chi connectivity index (χ2v) is 7.15. The van der Waals surface area contributed by atoms with E-state index >= 15 is 0 Å². The second kappa shape index (κ2) is 7.00. The van der Waals surface area contributed by atoms with Crippen LogP contribution in [0.15, 0.2) is 5.10 Å². The number of amidine groups is 1. The maximum absolute atomic E-state index is 12.3. The van der Waals surface area contributed by atoms with Crippen LogP contribution >= 0.6 is 11.8 Å². The molecule has 0 bridgehead atoms. The number of aliphatic hydroxyl groups is 1. The summed E-state index contributed by atoms with van der Waals surface area (Å²) in [6, 6.07) is -0.584. The standard InChI is InChI=1S/C10H19N5O5S2/c1-3-14(20-2)22(18,19)13-7-21-10(12-13)15-8(4-5-16)6-11-9(15)17/h8,16H,3-7H2,1-2H3,(H,11,17). The lowest BCUT2D eigenvalue weighted by Crippen LogP contribution is -2.40. The fourth-order valence-corrected chi connectivity index (χ4v) is 4.62. The summed E-state index contributed by atoms with van der Waals surface area (Å²) in [6.07, 6.45) is 0.393. The minimum atomic E-state index is -3.88. The summed E-state index contributed by atoms with van der Waals surface area (Å²) < 4.78 is 26.3. The summed E-state index contributed by atoms with van der Waals surface area (Å²) in [6.45, 7) is 2.11. The van der Waals surface area contributed by atoms with Crippen LogP contribution < -0.4 is 5.32 Å². The molecule has 2 heterocycles. The average molecular weight is 353 g/mol. The zero-order chi connectivity index (χ0) is 16.3. The number of carbonyl (C=O) groups excluding carboxylic acids is 1. The van der Waals surface area contributed by atoms with Gasteiger partial charge in [0.2, 0.25) is 0 Å². The molecular formula is C10H19N5O5S2. The summed E-state index contributed by atoms with van der Waals surface area (Å²) >= 11 is 1.14. The van der Waals surface area contributed by atoms with Crippen molar-refractivity contribution in [1.29, 1.82) is 0 Å². The molecule has 22 heavy (non-hydrogen) atoms. The van der Waals surface area contributed by atoms with Crippen LogP contribution in [-0.2, 0) is 15.0 Å². The summed E-state index contributed by atoms with van der Waals surface area (Å²) in [5.74, 6) is 0.0627. The molecule has 12 heteroatoms. The van der Waals surface area contributed by atoms with E-state index in [4.69, 9.17) is 9.94 Å². The lowest BCUT2D eigenvalue weighted by atomic mass is 10.2. The number of thioether (sulfide) groups is 1. The lowest BCUT2D eigenvalue weighted by Gasteiger charge is -2.22. The smallest absolute Gasteiger partial charge is 0.342 e. The first kappa shape index (κ1) is 17.3. The van der Waals surface area contributed by atoms with Gasteiger partial charge >= 0.3 is 16.2 Å². The quantitative estimate of drug-likeness (QED) is 0.602. The largest absolute Gasteiger partial charge is 0.396 e. The van der Waals surface area contributed by atoms with Crippen LogP contribution in [0.4, 0.5) is 4.79 Å². The molecule has 1 atom stereocenters. The Morgan fingerprint density at radius 3 is 2.91 bits per heavy atom. The van der Waals surface area contributed by atoms with E-state index in [9.17, 15) is 13.2 Å². The number of hydrogen-bond donors (Lipinski definition) is 2. The van der Waals surface area contributed by atoms with Gasteiger partial charge in [0.25, 0.3) is 0 Å². The Morgan fingerprint density at radius 2 is 2.32 bits per heavy atom. The zero-order valence-corrected chi connectivity index (χ0v) is 13.9. The molecule has 0 aromatic carbocycles. The molecule has 0 saturated carbocycles. The molecule has 126 valence electrons. The molecule has 2 rings (SSSR count). The predicted octanol–water partition coefficient (Wildman–Crippen LogP) is -0.832. The van der Waals surface area contributed by atoms with Gasteiger partial charge in [-0.25, -0.2) is 4.79 Å². The highest BCUT2D eigenvalue weighted by atomic mass is 32.2. The number of nitrogens with zero attached hydrogens (tertiary/aromatic N) is 4. The van der Waals surface area contributed by atoms with Crippen LogP contribution in [0.3, 0.4) is 0 Å².